The second kappa shape index (κ2) is 9.87. The van der Waals surface area contributed by atoms with E-state index < -0.39 is 17.9 Å². The Bertz CT molecular complexity index is 802. The maximum atomic E-state index is 12.0. The summed E-state index contributed by atoms with van der Waals surface area (Å²) in [6, 6.07) is 10.2. The van der Waals surface area contributed by atoms with Crippen molar-refractivity contribution < 1.29 is 47.6 Å². The topological polar surface area (TPSA) is 68.5 Å². The molecule has 0 aliphatic carbocycles. The highest BCUT2D eigenvalue weighted by Crippen LogP contribution is 2.13. The number of benzene rings is 1. The number of aromatic nitrogens is 1. The molecule has 1 heterocycles. The molecule has 1 N–H and O–H groups in total. The van der Waals surface area contributed by atoms with Crippen LogP contribution in [0, 0.1) is 0 Å². The fourth-order valence-corrected chi connectivity index (χ4v) is 2.63. The van der Waals surface area contributed by atoms with E-state index >= 15 is 0 Å². The van der Waals surface area contributed by atoms with Crippen LogP contribution in [0.25, 0.3) is 10.9 Å². The number of rotatable bonds is 5. The SMILES string of the molecule is CC(NC(=O)OC(C)(C)C)OC(=O)CCc1cc2ccccc2[n+](C)c1.[I-]. The van der Waals surface area contributed by atoms with E-state index in [1.807, 2.05) is 36.0 Å². The molecule has 0 saturated heterocycles. The normalized spacial score (nSPS) is 12.0. The lowest BCUT2D eigenvalue weighted by atomic mass is 10.1. The van der Waals surface area contributed by atoms with E-state index in [4.69, 9.17) is 9.47 Å². The molecule has 1 aromatic carbocycles. The number of hydrogen-bond acceptors (Lipinski definition) is 4. The number of halogens is 1. The minimum atomic E-state index is -0.745. The number of nitrogens with zero attached hydrogens (tertiary/aromatic N) is 1. The van der Waals surface area contributed by atoms with E-state index in [-0.39, 0.29) is 36.4 Å². The van der Waals surface area contributed by atoms with Gasteiger partial charge in [-0.1, -0.05) is 12.1 Å². The summed E-state index contributed by atoms with van der Waals surface area (Å²) in [4.78, 5) is 23.7. The average Bonchev–Trinajstić information content (AvgIpc) is 2.51. The van der Waals surface area contributed by atoms with Gasteiger partial charge in [0.2, 0.25) is 5.52 Å². The largest absolute Gasteiger partial charge is 1.00 e. The van der Waals surface area contributed by atoms with E-state index in [0.717, 1.165) is 16.5 Å². The first-order chi connectivity index (χ1) is 12.1. The standard InChI is InChI=1S/C20H26N2O4.HI/c1-14(21-19(24)26-20(2,3)4)25-18(23)11-10-15-12-16-8-6-7-9-17(16)22(5)13-15;/h6-9,12-14H,10-11H2,1-5H3;1H. The van der Waals surface area contributed by atoms with Gasteiger partial charge in [-0.2, -0.15) is 0 Å². The molecule has 0 aliphatic rings. The number of aryl methyl sites for hydroxylation is 2. The van der Waals surface area contributed by atoms with Gasteiger partial charge in [-0.05, 0) is 46.2 Å². The minimum absolute atomic E-state index is 0. The molecule has 0 aliphatic heterocycles. The van der Waals surface area contributed by atoms with Crippen LogP contribution in [0.4, 0.5) is 4.79 Å². The van der Waals surface area contributed by atoms with Gasteiger partial charge in [-0.3, -0.25) is 10.1 Å². The number of amides is 1. The summed E-state index contributed by atoms with van der Waals surface area (Å²) in [5.41, 5.74) is 1.59. The Kier molecular flexibility index (Phi) is 8.46. The van der Waals surface area contributed by atoms with Gasteiger partial charge < -0.3 is 33.5 Å². The zero-order valence-electron chi connectivity index (χ0n) is 16.4. The number of pyridine rings is 1. The maximum absolute atomic E-state index is 12.0. The quantitative estimate of drug-likeness (QED) is 0.280. The molecule has 2 aromatic rings. The Labute approximate surface area is 177 Å². The number of ether oxygens (including phenoxy) is 2. The van der Waals surface area contributed by atoms with Crippen molar-refractivity contribution in [3.8, 4) is 0 Å². The number of carbonyl (C=O) groups is 2. The third-order valence-electron chi connectivity index (χ3n) is 3.66. The average molecular weight is 486 g/mol. The second-order valence-electron chi connectivity index (χ2n) is 7.30. The molecule has 0 bridgehead atoms. The van der Waals surface area contributed by atoms with Crippen LogP contribution < -0.4 is 33.9 Å². The summed E-state index contributed by atoms with van der Waals surface area (Å²) in [6.45, 7) is 6.91. The van der Waals surface area contributed by atoms with Gasteiger partial charge in [0, 0.05) is 23.4 Å². The van der Waals surface area contributed by atoms with Crippen molar-refractivity contribution in [3.05, 3.63) is 42.1 Å². The highest BCUT2D eigenvalue weighted by molar-refractivity contribution is 5.76. The highest BCUT2D eigenvalue weighted by Gasteiger charge is 2.19. The van der Waals surface area contributed by atoms with Gasteiger partial charge in [0.05, 0.1) is 0 Å². The summed E-state index contributed by atoms with van der Waals surface area (Å²) in [5, 5.41) is 3.62. The molecule has 27 heavy (non-hydrogen) atoms. The number of carbonyl (C=O) groups excluding carboxylic acids is 2. The molecule has 1 amide bonds. The minimum Gasteiger partial charge on any atom is -1.00 e. The molecule has 0 fully saturated rings. The van der Waals surface area contributed by atoms with Crippen LogP contribution in [0.3, 0.4) is 0 Å². The maximum Gasteiger partial charge on any atom is 0.410 e. The number of fused-ring (bicyclic) bond motifs is 1. The molecule has 2 rings (SSSR count). The molecule has 1 aromatic heterocycles. The van der Waals surface area contributed by atoms with E-state index in [1.54, 1.807) is 27.7 Å². The fraction of sp³-hybridized carbons (Fsp3) is 0.450. The molecule has 1 unspecified atom stereocenters. The summed E-state index contributed by atoms with van der Waals surface area (Å²) in [6.07, 6.45) is 1.46. The summed E-state index contributed by atoms with van der Waals surface area (Å²) >= 11 is 0. The van der Waals surface area contributed by atoms with Gasteiger partial charge >= 0.3 is 12.1 Å². The van der Waals surface area contributed by atoms with E-state index in [0.29, 0.717) is 6.42 Å². The van der Waals surface area contributed by atoms with E-state index in [1.165, 1.54) is 0 Å². The Morgan fingerprint density at radius 3 is 2.56 bits per heavy atom. The van der Waals surface area contributed by atoms with Crippen molar-refractivity contribution in [1.82, 2.24) is 5.32 Å². The van der Waals surface area contributed by atoms with Gasteiger partial charge in [0.15, 0.2) is 12.4 Å². The summed E-state index contributed by atoms with van der Waals surface area (Å²) < 4.78 is 12.4. The Hall–Kier alpha value is -1.90. The summed E-state index contributed by atoms with van der Waals surface area (Å²) in [7, 11) is 1.98. The van der Waals surface area contributed by atoms with Gasteiger partial charge in [0.25, 0.3) is 0 Å². The predicted octanol–water partition coefficient (Wildman–Crippen LogP) is 0.0148. The predicted molar refractivity (Wildman–Crippen MR) is 98.4 cm³/mol. The Morgan fingerprint density at radius 2 is 1.89 bits per heavy atom. The molecule has 6 nitrogen and oxygen atoms in total. The van der Waals surface area contributed by atoms with Gasteiger partial charge in [-0.15, -0.1) is 0 Å². The lowest BCUT2D eigenvalue weighted by molar-refractivity contribution is -0.645. The van der Waals surface area contributed by atoms with Crippen LogP contribution in [-0.4, -0.2) is 23.9 Å². The van der Waals surface area contributed by atoms with Crippen LogP contribution in [0.15, 0.2) is 36.5 Å². The van der Waals surface area contributed by atoms with E-state index in [2.05, 4.69) is 17.4 Å². The number of para-hydroxylation sites is 1. The number of nitrogens with one attached hydrogen (secondary N) is 1. The number of esters is 1. The van der Waals surface area contributed by atoms with Crippen molar-refractivity contribution in [3.63, 3.8) is 0 Å². The Morgan fingerprint density at radius 1 is 1.22 bits per heavy atom. The molecule has 1 atom stereocenters. The smallest absolute Gasteiger partial charge is 0.410 e. The van der Waals surface area contributed by atoms with Crippen LogP contribution in [0.2, 0.25) is 0 Å². The molecule has 0 spiro atoms. The van der Waals surface area contributed by atoms with Crippen LogP contribution >= 0.6 is 0 Å². The highest BCUT2D eigenvalue weighted by atomic mass is 127. The first kappa shape index (κ1) is 23.1. The van der Waals surface area contributed by atoms with Gasteiger partial charge in [0.1, 0.15) is 12.6 Å². The number of hydrogen-bond donors (Lipinski definition) is 1. The molecule has 0 saturated carbocycles. The lowest BCUT2D eigenvalue weighted by Crippen LogP contribution is -3.00. The fourth-order valence-electron chi connectivity index (χ4n) is 2.63. The van der Waals surface area contributed by atoms with Crippen molar-refractivity contribution in [2.24, 2.45) is 7.05 Å². The molecule has 7 heteroatoms. The van der Waals surface area contributed by atoms with E-state index in [9.17, 15) is 9.59 Å². The van der Waals surface area contributed by atoms with Crippen molar-refractivity contribution >= 4 is 23.0 Å². The van der Waals surface area contributed by atoms with Crippen molar-refractivity contribution in [2.45, 2.75) is 52.4 Å². The van der Waals surface area contributed by atoms with Crippen LogP contribution in [0.1, 0.15) is 39.7 Å². The molecular formula is C20H27IN2O4. The number of alkyl carbamates (subject to hydrolysis) is 1. The lowest BCUT2D eigenvalue weighted by Gasteiger charge is -2.21. The van der Waals surface area contributed by atoms with Crippen molar-refractivity contribution in [2.75, 3.05) is 0 Å². The van der Waals surface area contributed by atoms with Crippen molar-refractivity contribution in [1.29, 1.82) is 0 Å². The Balaban J connectivity index is 0.00000364. The van der Waals surface area contributed by atoms with Gasteiger partial charge in [-0.25, -0.2) is 9.36 Å². The first-order valence-corrected chi connectivity index (χ1v) is 8.70. The molecular weight excluding hydrogens is 459 g/mol. The summed E-state index contributed by atoms with van der Waals surface area (Å²) in [5.74, 6) is -0.371. The monoisotopic (exact) mass is 486 g/mol. The third-order valence-corrected chi connectivity index (χ3v) is 3.66. The second-order valence-corrected chi connectivity index (χ2v) is 7.30. The molecule has 148 valence electrons. The van der Waals surface area contributed by atoms with Crippen LogP contribution in [0.5, 0.6) is 0 Å². The first-order valence-electron chi connectivity index (χ1n) is 8.70. The third kappa shape index (κ3) is 7.70. The zero-order valence-corrected chi connectivity index (χ0v) is 18.6. The molecule has 0 radical (unpaired) electrons. The zero-order chi connectivity index (χ0) is 19.3. The van der Waals surface area contributed by atoms with Crippen LogP contribution in [-0.2, 0) is 27.7 Å².